The Balaban J connectivity index is 2.10. The topological polar surface area (TPSA) is 29.3 Å². The molecule has 0 aliphatic rings. The van der Waals surface area contributed by atoms with Crippen molar-refractivity contribution in [2.45, 2.75) is 25.9 Å². The maximum atomic E-state index is 13.6. The van der Waals surface area contributed by atoms with Crippen molar-refractivity contribution in [2.24, 2.45) is 5.73 Å². The number of benzene rings is 2. The van der Waals surface area contributed by atoms with Crippen molar-refractivity contribution in [1.29, 1.82) is 0 Å². The van der Waals surface area contributed by atoms with Crippen molar-refractivity contribution in [1.82, 2.24) is 0 Å². The second kappa shape index (κ2) is 6.53. The first-order chi connectivity index (χ1) is 9.61. The van der Waals surface area contributed by atoms with Crippen LogP contribution in [0.4, 0.5) is 10.1 Å². The molecule has 0 heterocycles. The Morgan fingerprint density at radius 1 is 1.10 bits per heavy atom. The summed E-state index contributed by atoms with van der Waals surface area (Å²) >= 11 is 0. The van der Waals surface area contributed by atoms with E-state index in [1.54, 1.807) is 6.07 Å². The van der Waals surface area contributed by atoms with Crippen LogP contribution in [0.25, 0.3) is 0 Å². The molecular formula is C17H21FN2. The van der Waals surface area contributed by atoms with E-state index in [2.05, 4.69) is 6.92 Å². The molecular weight excluding hydrogens is 251 g/mol. The van der Waals surface area contributed by atoms with Crippen LogP contribution in [0.1, 0.15) is 30.5 Å². The summed E-state index contributed by atoms with van der Waals surface area (Å²) < 4.78 is 13.6. The molecule has 0 spiro atoms. The van der Waals surface area contributed by atoms with Crippen LogP contribution in [0.2, 0.25) is 0 Å². The molecule has 3 heteroatoms. The standard InChI is InChI=1S/C17H21FN2/c1-3-17(19)13-8-10-15(11-9-13)20(2)12-14-6-4-5-7-16(14)18/h4-11,17H,3,12,19H2,1-2H3/t17-/m0/s1. The minimum Gasteiger partial charge on any atom is -0.370 e. The van der Waals surface area contributed by atoms with Crippen molar-refractivity contribution < 1.29 is 4.39 Å². The summed E-state index contributed by atoms with van der Waals surface area (Å²) in [5.74, 6) is -0.163. The zero-order chi connectivity index (χ0) is 14.5. The number of anilines is 1. The molecule has 0 aliphatic carbocycles. The molecule has 0 unspecified atom stereocenters. The molecule has 20 heavy (non-hydrogen) atoms. The van der Waals surface area contributed by atoms with Gasteiger partial charge >= 0.3 is 0 Å². The first-order valence-corrected chi connectivity index (χ1v) is 6.92. The van der Waals surface area contributed by atoms with Crippen molar-refractivity contribution in [3.05, 3.63) is 65.5 Å². The Labute approximate surface area is 120 Å². The predicted molar refractivity (Wildman–Crippen MR) is 82.2 cm³/mol. The highest BCUT2D eigenvalue weighted by molar-refractivity contribution is 5.48. The zero-order valence-electron chi connectivity index (χ0n) is 12.0. The van der Waals surface area contributed by atoms with Gasteiger partial charge in [-0.15, -0.1) is 0 Å². The maximum Gasteiger partial charge on any atom is 0.128 e. The molecule has 0 radical (unpaired) electrons. The quantitative estimate of drug-likeness (QED) is 0.895. The summed E-state index contributed by atoms with van der Waals surface area (Å²) in [5, 5.41) is 0. The number of nitrogens with two attached hydrogens (primary N) is 1. The average Bonchev–Trinajstić information content (AvgIpc) is 2.49. The van der Waals surface area contributed by atoms with Crippen LogP contribution < -0.4 is 10.6 Å². The SMILES string of the molecule is CC[C@H](N)c1ccc(N(C)Cc2ccccc2F)cc1. The molecule has 2 nitrogen and oxygen atoms in total. The molecule has 0 aliphatic heterocycles. The largest absolute Gasteiger partial charge is 0.370 e. The third kappa shape index (κ3) is 3.36. The third-order valence-electron chi connectivity index (χ3n) is 3.57. The van der Waals surface area contributed by atoms with Crippen molar-refractivity contribution >= 4 is 5.69 Å². The Hall–Kier alpha value is -1.87. The lowest BCUT2D eigenvalue weighted by atomic mass is 10.0. The average molecular weight is 272 g/mol. The Kier molecular flexibility index (Phi) is 4.74. The van der Waals surface area contributed by atoms with Crippen molar-refractivity contribution in [3.8, 4) is 0 Å². The minimum absolute atomic E-state index is 0.0842. The molecule has 0 saturated carbocycles. The van der Waals surface area contributed by atoms with E-state index < -0.39 is 0 Å². The normalized spacial score (nSPS) is 12.2. The van der Waals surface area contributed by atoms with Crippen LogP contribution in [0.5, 0.6) is 0 Å². The van der Waals surface area contributed by atoms with Crippen LogP contribution in [0, 0.1) is 5.82 Å². The summed E-state index contributed by atoms with van der Waals surface area (Å²) in [6.45, 7) is 2.62. The number of nitrogens with zero attached hydrogens (tertiary/aromatic N) is 1. The Morgan fingerprint density at radius 3 is 2.35 bits per heavy atom. The fourth-order valence-electron chi connectivity index (χ4n) is 2.19. The smallest absolute Gasteiger partial charge is 0.128 e. The number of halogens is 1. The lowest BCUT2D eigenvalue weighted by Crippen LogP contribution is -2.17. The molecule has 1 atom stereocenters. The summed E-state index contributed by atoms with van der Waals surface area (Å²) in [7, 11) is 1.96. The highest BCUT2D eigenvalue weighted by atomic mass is 19.1. The third-order valence-corrected chi connectivity index (χ3v) is 3.57. The summed E-state index contributed by atoms with van der Waals surface area (Å²) in [4.78, 5) is 2.03. The van der Waals surface area contributed by atoms with Crippen molar-refractivity contribution in [2.75, 3.05) is 11.9 Å². The van der Waals surface area contributed by atoms with Gasteiger partial charge in [0.2, 0.25) is 0 Å². The molecule has 0 saturated heterocycles. The van der Waals surface area contributed by atoms with Gasteiger partial charge in [0.15, 0.2) is 0 Å². The van der Waals surface area contributed by atoms with Crippen LogP contribution in [-0.4, -0.2) is 7.05 Å². The second-order valence-corrected chi connectivity index (χ2v) is 5.05. The van der Waals surface area contributed by atoms with Gasteiger partial charge in [0.25, 0.3) is 0 Å². The van der Waals surface area contributed by atoms with Crippen LogP contribution in [0.15, 0.2) is 48.5 Å². The molecule has 2 aromatic carbocycles. The van der Waals surface area contributed by atoms with E-state index in [-0.39, 0.29) is 11.9 Å². The van der Waals surface area contributed by atoms with Gasteiger partial charge in [0.1, 0.15) is 5.82 Å². The van der Waals surface area contributed by atoms with Gasteiger partial charge in [0, 0.05) is 30.9 Å². The fraction of sp³-hybridized carbons (Fsp3) is 0.294. The molecule has 0 fully saturated rings. The summed E-state index contributed by atoms with van der Waals surface area (Å²) in [6, 6.07) is 15.1. The van der Waals surface area contributed by atoms with E-state index in [4.69, 9.17) is 5.73 Å². The van der Waals surface area contributed by atoms with Gasteiger partial charge in [-0.25, -0.2) is 4.39 Å². The summed E-state index contributed by atoms with van der Waals surface area (Å²) in [6.07, 6.45) is 0.921. The molecule has 0 amide bonds. The highest BCUT2D eigenvalue weighted by Gasteiger charge is 2.07. The van der Waals surface area contributed by atoms with Crippen LogP contribution in [0.3, 0.4) is 0 Å². The van der Waals surface area contributed by atoms with E-state index in [0.717, 1.165) is 17.7 Å². The number of rotatable bonds is 5. The molecule has 2 rings (SSSR count). The predicted octanol–water partition coefficient (Wildman–Crippen LogP) is 3.87. The van der Waals surface area contributed by atoms with Gasteiger partial charge < -0.3 is 10.6 Å². The molecule has 0 aromatic heterocycles. The Morgan fingerprint density at radius 2 is 1.75 bits per heavy atom. The van der Waals surface area contributed by atoms with Gasteiger partial charge in [-0.1, -0.05) is 37.3 Å². The monoisotopic (exact) mass is 272 g/mol. The number of hydrogen-bond acceptors (Lipinski definition) is 2. The first-order valence-electron chi connectivity index (χ1n) is 6.92. The van der Waals surface area contributed by atoms with Gasteiger partial charge in [-0.05, 0) is 30.2 Å². The minimum atomic E-state index is -0.163. The highest BCUT2D eigenvalue weighted by Crippen LogP contribution is 2.21. The maximum absolute atomic E-state index is 13.6. The molecule has 2 aromatic rings. The second-order valence-electron chi connectivity index (χ2n) is 5.05. The van der Waals surface area contributed by atoms with Gasteiger partial charge in [-0.2, -0.15) is 0 Å². The van der Waals surface area contributed by atoms with Gasteiger partial charge in [0.05, 0.1) is 0 Å². The Bertz CT molecular complexity index is 551. The van der Waals surface area contributed by atoms with E-state index in [1.165, 1.54) is 6.07 Å². The van der Waals surface area contributed by atoms with Crippen LogP contribution >= 0.6 is 0 Å². The molecule has 106 valence electrons. The van der Waals surface area contributed by atoms with Gasteiger partial charge in [-0.3, -0.25) is 0 Å². The first kappa shape index (κ1) is 14.5. The zero-order valence-corrected chi connectivity index (χ0v) is 12.0. The number of hydrogen-bond donors (Lipinski definition) is 1. The van der Waals surface area contributed by atoms with Crippen molar-refractivity contribution in [3.63, 3.8) is 0 Å². The summed E-state index contributed by atoms with van der Waals surface area (Å²) in [5.41, 5.74) is 8.89. The molecule has 2 N–H and O–H groups in total. The van der Waals surface area contributed by atoms with E-state index in [1.807, 2.05) is 48.3 Å². The fourth-order valence-corrected chi connectivity index (χ4v) is 2.19. The lowest BCUT2D eigenvalue weighted by Gasteiger charge is -2.20. The lowest BCUT2D eigenvalue weighted by molar-refractivity contribution is 0.608. The van der Waals surface area contributed by atoms with E-state index in [9.17, 15) is 4.39 Å². The van der Waals surface area contributed by atoms with E-state index >= 15 is 0 Å². The van der Waals surface area contributed by atoms with E-state index in [0.29, 0.717) is 12.1 Å². The van der Waals surface area contributed by atoms with Crippen LogP contribution in [-0.2, 0) is 6.54 Å². The molecule has 0 bridgehead atoms.